The number of rotatable bonds is 6. The summed E-state index contributed by atoms with van der Waals surface area (Å²) in [5.41, 5.74) is 17.1. The van der Waals surface area contributed by atoms with E-state index in [0.29, 0.717) is 23.3 Å². The topological polar surface area (TPSA) is 149 Å². The highest BCUT2D eigenvalue weighted by molar-refractivity contribution is 7.11. The van der Waals surface area contributed by atoms with E-state index in [0.717, 1.165) is 80.2 Å². The van der Waals surface area contributed by atoms with Crippen LogP contribution in [-0.4, -0.2) is 87.0 Å². The van der Waals surface area contributed by atoms with E-state index in [2.05, 4.69) is 56.6 Å². The number of hydrogen-bond acceptors (Lipinski definition) is 10. The zero-order chi connectivity index (χ0) is 30.7. The number of benzene rings is 1. The molecule has 4 aromatic rings. The van der Waals surface area contributed by atoms with Crippen LogP contribution in [0.2, 0.25) is 0 Å². The second kappa shape index (κ2) is 13.3. The van der Waals surface area contributed by atoms with Gasteiger partial charge >= 0.3 is 0 Å². The highest BCUT2D eigenvalue weighted by atomic mass is 32.1. The summed E-state index contributed by atoms with van der Waals surface area (Å²) in [5, 5.41) is 13.3. The summed E-state index contributed by atoms with van der Waals surface area (Å²) >= 11 is 1.79. The average Bonchev–Trinajstić information content (AvgIpc) is 3.57. The highest BCUT2D eigenvalue weighted by Crippen LogP contribution is 2.42. The Morgan fingerprint density at radius 1 is 1.05 bits per heavy atom. The minimum Gasteiger partial charge on any atom is -0.494 e. The van der Waals surface area contributed by atoms with Gasteiger partial charge in [0.25, 0.3) is 5.97 Å². The molecular formula is C31H42N8O3S. The first-order chi connectivity index (χ1) is 20.7. The molecule has 12 heteroatoms. The van der Waals surface area contributed by atoms with Crippen LogP contribution in [0.1, 0.15) is 54.0 Å². The number of aryl methyl sites for hydroxylation is 1. The summed E-state index contributed by atoms with van der Waals surface area (Å²) in [6.45, 7) is 7.83. The third kappa shape index (κ3) is 6.76. The number of aromatic nitrogens is 4. The Morgan fingerprint density at radius 3 is 2.35 bits per heavy atom. The van der Waals surface area contributed by atoms with Gasteiger partial charge in [-0.2, -0.15) is 5.10 Å². The van der Waals surface area contributed by atoms with E-state index in [1.807, 2.05) is 6.07 Å². The zero-order valence-corrected chi connectivity index (χ0v) is 26.2. The van der Waals surface area contributed by atoms with Gasteiger partial charge in [-0.15, -0.1) is 11.3 Å². The van der Waals surface area contributed by atoms with Crippen LogP contribution >= 0.6 is 11.3 Å². The van der Waals surface area contributed by atoms with Gasteiger partial charge in [-0.1, -0.05) is 12.1 Å². The molecule has 2 fully saturated rings. The van der Waals surface area contributed by atoms with Gasteiger partial charge in [0.15, 0.2) is 5.65 Å². The van der Waals surface area contributed by atoms with Crippen molar-refractivity contribution in [3.8, 4) is 17.0 Å². The van der Waals surface area contributed by atoms with Crippen molar-refractivity contribution in [3.63, 3.8) is 0 Å². The third-order valence-corrected chi connectivity index (χ3v) is 9.48. The number of thiophene rings is 1. The number of likely N-dealkylation sites (N-methyl/N-ethyl adjacent to an activating group) is 1. The van der Waals surface area contributed by atoms with Crippen molar-refractivity contribution >= 4 is 39.8 Å². The number of carboxylic acid groups (broad SMARTS) is 1. The second-order valence-electron chi connectivity index (χ2n) is 11.5. The maximum atomic E-state index is 9.00. The summed E-state index contributed by atoms with van der Waals surface area (Å²) in [7, 11) is 3.88. The first-order valence-electron chi connectivity index (χ1n) is 14.8. The lowest BCUT2D eigenvalue weighted by Gasteiger charge is -2.41. The van der Waals surface area contributed by atoms with E-state index >= 15 is 0 Å². The number of carboxylic acids is 1. The minimum absolute atomic E-state index is 0.267. The normalized spacial score (nSPS) is 19.6. The lowest BCUT2D eigenvalue weighted by atomic mass is 9.90. The summed E-state index contributed by atoms with van der Waals surface area (Å²) in [5.74, 6) is 0.272. The molecule has 1 saturated heterocycles. The number of hydrogen-bond donors (Lipinski definition) is 3. The number of piperazine rings is 1. The Bertz CT molecular complexity index is 1560. The van der Waals surface area contributed by atoms with Crippen LogP contribution in [0.4, 0.5) is 11.5 Å². The van der Waals surface area contributed by atoms with Gasteiger partial charge < -0.3 is 26.2 Å². The molecule has 1 aliphatic carbocycles. The lowest BCUT2D eigenvalue weighted by Crippen LogP contribution is -2.49. The Labute approximate surface area is 256 Å². The van der Waals surface area contributed by atoms with Gasteiger partial charge in [0.1, 0.15) is 23.6 Å². The second-order valence-corrected chi connectivity index (χ2v) is 12.9. The Kier molecular flexibility index (Phi) is 9.48. The van der Waals surface area contributed by atoms with Crippen molar-refractivity contribution in [1.82, 2.24) is 29.5 Å². The first-order valence-corrected chi connectivity index (χ1v) is 15.6. The van der Waals surface area contributed by atoms with Gasteiger partial charge in [-0.05, 0) is 51.8 Å². The number of anilines is 2. The Balaban J connectivity index is 0.000000868. The summed E-state index contributed by atoms with van der Waals surface area (Å²) in [6, 6.07) is 9.35. The fourth-order valence-corrected chi connectivity index (χ4v) is 7.21. The van der Waals surface area contributed by atoms with Gasteiger partial charge in [0, 0.05) is 66.4 Å². The van der Waals surface area contributed by atoms with Crippen LogP contribution in [0, 0.1) is 6.92 Å². The molecule has 11 nitrogen and oxygen atoms in total. The Hall–Kier alpha value is -3.74. The number of aliphatic carboxylic acids is 1. The highest BCUT2D eigenvalue weighted by Gasteiger charge is 2.31. The fourth-order valence-electron chi connectivity index (χ4n) is 6.29. The maximum Gasteiger partial charge on any atom is 0.300 e. The van der Waals surface area contributed by atoms with Gasteiger partial charge in [-0.3, -0.25) is 9.69 Å². The van der Waals surface area contributed by atoms with Crippen LogP contribution < -0.4 is 16.2 Å². The van der Waals surface area contributed by atoms with E-state index in [-0.39, 0.29) is 6.04 Å². The molecule has 0 bridgehead atoms. The molecule has 0 atom stereocenters. The van der Waals surface area contributed by atoms with E-state index in [4.69, 9.17) is 31.2 Å². The predicted octanol–water partition coefficient (Wildman–Crippen LogP) is 4.45. The van der Waals surface area contributed by atoms with Gasteiger partial charge in [0.05, 0.1) is 24.2 Å². The summed E-state index contributed by atoms with van der Waals surface area (Å²) < 4.78 is 7.91. The lowest BCUT2D eigenvalue weighted by molar-refractivity contribution is -0.134. The molecule has 43 heavy (non-hydrogen) atoms. The van der Waals surface area contributed by atoms with Crippen molar-refractivity contribution in [2.24, 2.45) is 0 Å². The molecule has 0 radical (unpaired) electrons. The van der Waals surface area contributed by atoms with Gasteiger partial charge in [0.2, 0.25) is 0 Å². The molecule has 3 aromatic heterocycles. The molecule has 6 rings (SSSR count). The summed E-state index contributed by atoms with van der Waals surface area (Å²) in [4.78, 5) is 25.6. The molecule has 1 aromatic carbocycles. The first kappa shape index (κ1) is 30.7. The number of nitrogens with two attached hydrogens (primary N) is 2. The van der Waals surface area contributed by atoms with Crippen LogP contribution in [0.15, 0.2) is 30.6 Å². The quantitative estimate of drug-likeness (QED) is 0.269. The predicted molar refractivity (Wildman–Crippen MR) is 172 cm³/mol. The maximum absolute atomic E-state index is 9.00. The van der Waals surface area contributed by atoms with Crippen molar-refractivity contribution in [3.05, 3.63) is 45.9 Å². The van der Waals surface area contributed by atoms with E-state index in [9.17, 15) is 0 Å². The number of nitrogens with zero attached hydrogens (tertiary/aromatic N) is 6. The molecule has 2 aliphatic rings. The molecule has 0 spiro atoms. The van der Waals surface area contributed by atoms with Crippen molar-refractivity contribution in [2.45, 2.75) is 58.0 Å². The number of methoxy groups -OCH3 is 1. The van der Waals surface area contributed by atoms with Gasteiger partial charge in [-0.25, -0.2) is 14.6 Å². The Morgan fingerprint density at radius 2 is 1.72 bits per heavy atom. The molecule has 0 unspecified atom stereocenters. The minimum atomic E-state index is -0.833. The van der Waals surface area contributed by atoms with Crippen molar-refractivity contribution in [2.75, 3.05) is 51.8 Å². The number of carbonyl (C=O) groups is 1. The molecule has 1 saturated carbocycles. The smallest absolute Gasteiger partial charge is 0.300 e. The molecular weight excluding hydrogens is 564 g/mol. The average molecular weight is 607 g/mol. The molecule has 230 valence electrons. The van der Waals surface area contributed by atoms with Crippen LogP contribution in [-0.2, 0) is 11.2 Å². The van der Waals surface area contributed by atoms with E-state index < -0.39 is 5.97 Å². The zero-order valence-electron chi connectivity index (χ0n) is 25.4. The van der Waals surface area contributed by atoms with Crippen molar-refractivity contribution < 1.29 is 14.6 Å². The molecule has 1 aliphatic heterocycles. The van der Waals surface area contributed by atoms with Crippen LogP contribution in [0.3, 0.4) is 0 Å². The standard InChI is InChI=1S/C29H38N8OS.C2H4O2/c1-18-4-10-22(39-18)16-19-5-11-23(25(30)27(19)38-3)26-24-28(31)32-17-33-29(24)37(34-26)21-8-6-20(7-9-21)36-14-12-35(2)13-15-36;1-2(3)4/h4-5,10-11,17,20-21H,6-9,12-16,30H2,1-3H3,(H2,31,32,33);1H3,(H,3,4)/t20-,21-;. The molecule has 4 heterocycles. The number of fused-ring (bicyclic) bond motifs is 1. The largest absolute Gasteiger partial charge is 0.494 e. The van der Waals surface area contributed by atoms with E-state index in [1.54, 1.807) is 18.4 Å². The SMILES string of the molecule is CC(=O)O.COc1c(Cc2ccc(C)s2)ccc(-c2nn([C@H]3CC[C@H](N4CCN(C)CC4)CC3)c3ncnc(N)c23)c1N. The number of nitrogen functional groups attached to an aromatic ring is 2. The molecule has 5 N–H and O–H groups in total. The third-order valence-electron chi connectivity index (χ3n) is 8.48. The van der Waals surface area contributed by atoms with Crippen LogP contribution in [0.25, 0.3) is 22.3 Å². The van der Waals surface area contributed by atoms with Crippen LogP contribution in [0.5, 0.6) is 5.75 Å². The fraction of sp³-hybridized carbons (Fsp3) is 0.484. The van der Waals surface area contributed by atoms with Crippen molar-refractivity contribution in [1.29, 1.82) is 0 Å². The monoisotopic (exact) mass is 606 g/mol. The molecule has 0 amide bonds. The van der Waals surface area contributed by atoms with E-state index in [1.165, 1.54) is 28.9 Å². The summed E-state index contributed by atoms with van der Waals surface area (Å²) in [6.07, 6.45) is 6.76. The number of ether oxygens (including phenoxy) is 1.